The van der Waals surface area contributed by atoms with Crippen molar-refractivity contribution in [2.75, 3.05) is 19.0 Å². The third-order valence-electron chi connectivity index (χ3n) is 2.84. The number of carbonyl (C=O) groups excluding carboxylic acids is 1. The van der Waals surface area contributed by atoms with Crippen LogP contribution in [0, 0.1) is 5.92 Å². The lowest BCUT2D eigenvalue weighted by atomic mass is 10.1. The van der Waals surface area contributed by atoms with Crippen molar-refractivity contribution < 1.29 is 9.53 Å². The van der Waals surface area contributed by atoms with Crippen molar-refractivity contribution in [3.05, 3.63) is 28.2 Å². The molecule has 19 heavy (non-hydrogen) atoms. The highest BCUT2D eigenvalue weighted by atomic mass is 79.9. The first-order valence-corrected chi connectivity index (χ1v) is 8.17. The van der Waals surface area contributed by atoms with Crippen LogP contribution in [-0.2, 0) is 0 Å². The zero-order valence-corrected chi connectivity index (χ0v) is 14.4. The van der Waals surface area contributed by atoms with Gasteiger partial charge in [0.05, 0.1) is 11.6 Å². The number of ether oxygens (including phenoxy) is 1. The predicted octanol–water partition coefficient (Wildman–Crippen LogP) is 4.00. The number of benzene rings is 1. The molecule has 1 aromatic carbocycles. The van der Waals surface area contributed by atoms with E-state index in [1.54, 1.807) is 25.3 Å². The van der Waals surface area contributed by atoms with Crippen molar-refractivity contribution in [2.45, 2.75) is 19.8 Å². The minimum atomic E-state index is -0.0464. The maximum atomic E-state index is 11.9. The molecule has 0 saturated carbocycles. The Hall–Kier alpha value is -0.550. The Morgan fingerprint density at radius 1 is 1.47 bits per heavy atom. The lowest BCUT2D eigenvalue weighted by Gasteiger charge is -2.09. The summed E-state index contributed by atoms with van der Waals surface area (Å²) in [6, 6.07) is 5.32. The van der Waals surface area contributed by atoms with Crippen LogP contribution in [0.5, 0.6) is 5.75 Å². The number of alkyl halides is 1. The molecule has 1 N–H and O–H groups in total. The van der Waals surface area contributed by atoms with E-state index in [2.05, 4.69) is 44.1 Å². The van der Waals surface area contributed by atoms with Crippen LogP contribution >= 0.6 is 31.9 Å². The predicted molar refractivity (Wildman–Crippen MR) is 85.2 cm³/mol. The van der Waals surface area contributed by atoms with Crippen molar-refractivity contribution in [3.63, 3.8) is 0 Å². The molecular weight excluding hydrogens is 374 g/mol. The molecule has 0 aromatic heterocycles. The van der Waals surface area contributed by atoms with E-state index in [-0.39, 0.29) is 5.91 Å². The Morgan fingerprint density at radius 3 is 2.79 bits per heavy atom. The smallest absolute Gasteiger partial charge is 0.251 e. The van der Waals surface area contributed by atoms with Gasteiger partial charge < -0.3 is 10.1 Å². The van der Waals surface area contributed by atoms with Gasteiger partial charge in [-0.2, -0.15) is 0 Å². The SMILES string of the molecule is COc1ccc(C(=O)NCCCC(C)CBr)cc1Br. The Morgan fingerprint density at radius 2 is 2.21 bits per heavy atom. The number of hydrogen-bond acceptors (Lipinski definition) is 2. The molecule has 1 aromatic rings. The van der Waals surface area contributed by atoms with E-state index in [4.69, 9.17) is 4.74 Å². The average Bonchev–Trinajstić information content (AvgIpc) is 2.42. The number of nitrogens with one attached hydrogen (secondary N) is 1. The zero-order chi connectivity index (χ0) is 14.3. The standard InChI is InChI=1S/C14H19Br2NO2/c1-10(9-15)4-3-7-17-14(18)11-5-6-13(19-2)12(16)8-11/h5-6,8,10H,3-4,7,9H2,1-2H3,(H,17,18). The Balaban J connectivity index is 2.43. The minimum absolute atomic E-state index is 0.0464. The summed E-state index contributed by atoms with van der Waals surface area (Å²) in [4.78, 5) is 11.9. The van der Waals surface area contributed by atoms with Crippen LogP contribution in [0.4, 0.5) is 0 Å². The van der Waals surface area contributed by atoms with E-state index in [1.165, 1.54) is 0 Å². The van der Waals surface area contributed by atoms with E-state index in [1.807, 2.05) is 0 Å². The second-order valence-corrected chi connectivity index (χ2v) is 6.01. The number of amides is 1. The highest BCUT2D eigenvalue weighted by molar-refractivity contribution is 9.10. The van der Waals surface area contributed by atoms with Crippen LogP contribution in [0.3, 0.4) is 0 Å². The number of methoxy groups -OCH3 is 1. The van der Waals surface area contributed by atoms with Gasteiger partial charge in [-0.05, 0) is 52.9 Å². The normalized spacial score (nSPS) is 12.0. The first kappa shape index (κ1) is 16.5. The Kier molecular flexibility index (Phi) is 7.46. The molecule has 0 bridgehead atoms. The highest BCUT2D eigenvalue weighted by Crippen LogP contribution is 2.25. The fourth-order valence-corrected chi connectivity index (χ4v) is 2.50. The molecule has 0 saturated heterocycles. The zero-order valence-electron chi connectivity index (χ0n) is 11.2. The molecule has 1 rings (SSSR count). The molecule has 1 unspecified atom stereocenters. The lowest BCUT2D eigenvalue weighted by Crippen LogP contribution is -2.24. The van der Waals surface area contributed by atoms with Gasteiger partial charge in [0.25, 0.3) is 5.91 Å². The summed E-state index contributed by atoms with van der Waals surface area (Å²) in [6.07, 6.45) is 2.10. The van der Waals surface area contributed by atoms with E-state index < -0.39 is 0 Å². The molecule has 0 spiro atoms. The minimum Gasteiger partial charge on any atom is -0.496 e. The third kappa shape index (κ3) is 5.53. The molecule has 0 aliphatic rings. The molecule has 0 radical (unpaired) electrons. The summed E-state index contributed by atoms with van der Waals surface area (Å²) < 4.78 is 5.92. The average molecular weight is 393 g/mol. The van der Waals surface area contributed by atoms with Gasteiger partial charge in [0, 0.05) is 17.4 Å². The lowest BCUT2D eigenvalue weighted by molar-refractivity contribution is 0.0952. The van der Waals surface area contributed by atoms with Gasteiger partial charge in [0.15, 0.2) is 0 Å². The van der Waals surface area contributed by atoms with Gasteiger partial charge in [0.2, 0.25) is 0 Å². The Labute approximate surface area is 131 Å². The van der Waals surface area contributed by atoms with Crippen molar-refractivity contribution in [1.29, 1.82) is 0 Å². The molecule has 0 fully saturated rings. The van der Waals surface area contributed by atoms with Crippen molar-refractivity contribution in [1.82, 2.24) is 5.32 Å². The van der Waals surface area contributed by atoms with Crippen molar-refractivity contribution in [3.8, 4) is 5.75 Å². The van der Waals surface area contributed by atoms with Crippen LogP contribution in [0.15, 0.2) is 22.7 Å². The summed E-state index contributed by atoms with van der Waals surface area (Å²) >= 11 is 6.83. The molecule has 106 valence electrons. The van der Waals surface area contributed by atoms with Gasteiger partial charge in [-0.1, -0.05) is 22.9 Å². The molecule has 0 aliphatic heterocycles. The van der Waals surface area contributed by atoms with Crippen LogP contribution in [0.25, 0.3) is 0 Å². The second kappa shape index (κ2) is 8.59. The van der Waals surface area contributed by atoms with Crippen LogP contribution < -0.4 is 10.1 Å². The molecular formula is C14H19Br2NO2. The number of carbonyl (C=O) groups is 1. The fraction of sp³-hybridized carbons (Fsp3) is 0.500. The fourth-order valence-electron chi connectivity index (χ4n) is 1.64. The molecule has 0 heterocycles. The highest BCUT2D eigenvalue weighted by Gasteiger charge is 2.08. The van der Waals surface area contributed by atoms with Crippen LogP contribution in [-0.4, -0.2) is 24.9 Å². The van der Waals surface area contributed by atoms with Crippen molar-refractivity contribution in [2.24, 2.45) is 5.92 Å². The number of rotatable bonds is 7. The van der Waals surface area contributed by atoms with Gasteiger partial charge in [0.1, 0.15) is 5.75 Å². The largest absolute Gasteiger partial charge is 0.496 e. The van der Waals surface area contributed by atoms with Gasteiger partial charge >= 0.3 is 0 Å². The van der Waals surface area contributed by atoms with Gasteiger partial charge in [-0.25, -0.2) is 0 Å². The molecule has 0 aliphatic carbocycles. The summed E-state index contributed by atoms with van der Waals surface area (Å²) in [5, 5.41) is 3.93. The van der Waals surface area contributed by atoms with Gasteiger partial charge in [-0.15, -0.1) is 0 Å². The summed E-state index contributed by atoms with van der Waals surface area (Å²) in [5.74, 6) is 1.32. The van der Waals surface area contributed by atoms with E-state index in [0.29, 0.717) is 18.0 Å². The van der Waals surface area contributed by atoms with Crippen LogP contribution in [0.2, 0.25) is 0 Å². The van der Waals surface area contributed by atoms with Crippen molar-refractivity contribution >= 4 is 37.8 Å². The summed E-state index contributed by atoms with van der Waals surface area (Å²) in [6.45, 7) is 2.90. The Bertz CT molecular complexity index is 424. The number of hydrogen-bond donors (Lipinski definition) is 1. The molecule has 5 heteroatoms. The van der Waals surface area contributed by atoms with E-state index in [9.17, 15) is 4.79 Å². The first-order chi connectivity index (χ1) is 9.08. The first-order valence-electron chi connectivity index (χ1n) is 6.26. The molecule has 1 amide bonds. The summed E-state index contributed by atoms with van der Waals surface area (Å²) in [5.41, 5.74) is 0.640. The molecule has 3 nitrogen and oxygen atoms in total. The maximum Gasteiger partial charge on any atom is 0.251 e. The monoisotopic (exact) mass is 391 g/mol. The summed E-state index contributed by atoms with van der Waals surface area (Å²) in [7, 11) is 1.60. The van der Waals surface area contributed by atoms with E-state index >= 15 is 0 Å². The number of halogens is 2. The topological polar surface area (TPSA) is 38.3 Å². The second-order valence-electron chi connectivity index (χ2n) is 4.51. The van der Waals surface area contributed by atoms with E-state index in [0.717, 1.165) is 28.4 Å². The maximum absolute atomic E-state index is 11.9. The third-order valence-corrected chi connectivity index (χ3v) is 4.56. The quantitative estimate of drug-likeness (QED) is 0.562. The molecule has 1 atom stereocenters. The van der Waals surface area contributed by atoms with Crippen LogP contribution in [0.1, 0.15) is 30.1 Å². The van der Waals surface area contributed by atoms with Gasteiger partial charge in [-0.3, -0.25) is 4.79 Å².